The topological polar surface area (TPSA) is 89.5 Å². The molecule has 0 fully saturated rings. The molecule has 1 N–H and O–H groups in total. The molecule has 0 saturated heterocycles. The van der Waals surface area contributed by atoms with Crippen molar-refractivity contribution in [2.24, 2.45) is 0 Å². The summed E-state index contributed by atoms with van der Waals surface area (Å²) >= 11 is 0. The third-order valence-electron chi connectivity index (χ3n) is 3.67. The molecule has 0 aromatic heterocycles. The van der Waals surface area contributed by atoms with Gasteiger partial charge >= 0.3 is 5.97 Å². The average Bonchev–Trinajstić information content (AvgIpc) is 2.59. The smallest absolute Gasteiger partial charge is 0.338 e. The summed E-state index contributed by atoms with van der Waals surface area (Å²) in [5, 5.41) is 0. The fraction of sp³-hybridized carbons (Fsp3) is 0.222. The van der Waals surface area contributed by atoms with Crippen molar-refractivity contribution in [3.05, 3.63) is 64.7 Å². The molecule has 25 heavy (non-hydrogen) atoms. The van der Waals surface area contributed by atoms with Crippen LogP contribution in [0.15, 0.2) is 47.4 Å². The second-order valence-electron chi connectivity index (χ2n) is 5.55. The number of aryl methyl sites for hydroxylation is 2. The summed E-state index contributed by atoms with van der Waals surface area (Å²) in [6, 6.07) is 10.8. The van der Waals surface area contributed by atoms with E-state index < -0.39 is 22.6 Å². The molecule has 132 valence electrons. The molecule has 0 amide bonds. The maximum absolute atomic E-state index is 12.2. The van der Waals surface area contributed by atoms with Crippen LogP contribution >= 0.6 is 0 Å². The molecular formula is C18H19NO5S. The first-order chi connectivity index (χ1) is 11.7. The van der Waals surface area contributed by atoms with E-state index in [1.807, 2.05) is 26.0 Å². The second-order valence-corrected chi connectivity index (χ2v) is 7.44. The van der Waals surface area contributed by atoms with Gasteiger partial charge in [0, 0.05) is 5.56 Å². The molecule has 0 saturated carbocycles. The van der Waals surface area contributed by atoms with Crippen LogP contribution in [0.3, 0.4) is 0 Å². The third kappa shape index (κ3) is 4.52. The molecule has 2 rings (SSSR count). The summed E-state index contributed by atoms with van der Waals surface area (Å²) in [4.78, 5) is 24.2. The first kappa shape index (κ1) is 18.8. The van der Waals surface area contributed by atoms with Gasteiger partial charge in [-0.2, -0.15) is 0 Å². The largest absolute Gasteiger partial charge is 0.454 e. The fourth-order valence-corrected chi connectivity index (χ4v) is 3.10. The number of Topliss-reactive ketones (excluding diaryl/α,β-unsaturated/α-hetero) is 1. The molecular weight excluding hydrogens is 342 g/mol. The van der Waals surface area contributed by atoms with Crippen LogP contribution in [-0.2, 0) is 14.8 Å². The summed E-state index contributed by atoms with van der Waals surface area (Å²) in [6.45, 7) is 3.33. The Labute approximate surface area is 146 Å². The Bertz CT molecular complexity index is 919. The van der Waals surface area contributed by atoms with E-state index in [9.17, 15) is 18.0 Å². The van der Waals surface area contributed by atoms with Crippen molar-refractivity contribution in [2.45, 2.75) is 18.7 Å². The van der Waals surface area contributed by atoms with Crippen LogP contribution in [-0.4, -0.2) is 33.8 Å². The van der Waals surface area contributed by atoms with Gasteiger partial charge in [0.2, 0.25) is 15.8 Å². The zero-order chi connectivity index (χ0) is 18.6. The Kier molecular flexibility index (Phi) is 5.71. The minimum atomic E-state index is -3.66. The van der Waals surface area contributed by atoms with Gasteiger partial charge in [0.1, 0.15) is 0 Å². The minimum absolute atomic E-state index is 0.0508. The summed E-state index contributed by atoms with van der Waals surface area (Å²) < 4.78 is 30.7. The zero-order valence-corrected chi connectivity index (χ0v) is 15.0. The minimum Gasteiger partial charge on any atom is -0.454 e. The maximum atomic E-state index is 12.2. The van der Waals surface area contributed by atoms with Crippen molar-refractivity contribution in [3.63, 3.8) is 0 Å². The highest BCUT2D eigenvalue weighted by atomic mass is 32.2. The lowest BCUT2D eigenvalue weighted by Crippen LogP contribution is -2.19. The molecule has 0 aliphatic carbocycles. The number of hydrogen-bond donors (Lipinski definition) is 1. The standard InChI is InChI=1S/C18H19NO5S/c1-12-7-8-16(13(2)9-12)17(20)11-24-18(21)14-5-4-6-15(10-14)25(22,23)19-3/h4-10,19H,11H2,1-3H3. The molecule has 6 nitrogen and oxygen atoms in total. The van der Waals surface area contributed by atoms with Gasteiger partial charge in [0.15, 0.2) is 6.61 Å². The molecule has 0 unspecified atom stereocenters. The average molecular weight is 361 g/mol. The monoisotopic (exact) mass is 361 g/mol. The Hall–Kier alpha value is -2.51. The summed E-state index contributed by atoms with van der Waals surface area (Å²) in [7, 11) is -2.38. The van der Waals surface area contributed by atoms with Gasteiger partial charge in [-0.15, -0.1) is 0 Å². The highest BCUT2D eigenvalue weighted by molar-refractivity contribution is 7.89. The van der Waals surface area contributed by atoms with Gasteiger partial charge in [0.25, 0.3) is 0 Å². The number of benzene rings is 2. The Morgan fingerprint density at radius 3 is 2.44 bits per heavy atom. The number of hydrogen-bond acceptors (Lipinski definition) is 5. The van der Waals surface area contributed by atoms with Crippen LogP contribution < -0.4 is 4.72 Å². The predicted octanol–water partition coefficient (Wildman–Crippen LogP) is 2.25. The van der Waals surface area contributed by atoms with Crippen molar-refractivity contribution in [1.82, 2.24) is 4.72 Å². The Balaban J connectivity index is 2.10. The SMILES string of the molecule is CNS(=O)(=O)c1cccc(C(=O)OCC(=O)c2ccc(C)cc2C)c1. The molecule has 0 aliphatic heterocycles. The number of ketones is 1. The van der Waals surface area contributed by atoms with E-state index in [-0.39, 0.29) is 16.2 Å². The lowest BCUT2D eigenvalue weighted by molar-refractivity contribution is 0.0474. The number of esters is 1. The van der Waals surface area contributed by atoms with Crippen molar-refractivity contribution in [3.8, 4) is 0 Å². The molecule has 0 heterocycles. The first-order valence-electron chi connectivity index (χ1n) is 7.56. The molecule has 2 aromatic rings. The highest BCUT2D eigenvalue weighted by Crippen LogP contribution is 2.14. The molecule has 0 atom stereocenters. The van der Waals surface area contributed by atoms with E-state index in [2.05, 4.69) is 4.72 Å². The normalized spacial score (nSPS) is 11.2. The van der Waals surface area contributed by atoms with Crippen molar-refractivity contribution >= 4 is 21.8 Å². The second kappa shape index (κ2) is 7.58. The molecule has 0 radical (unpaired) electrons. The van der Waals surface area contributed by atoms with Gasteiger partial charge in [-0.25, -0.2) is 17.9 Å². The van der Waals surface area contributed by atoms with Gasteiger partial charge in [0.05, 0.1) is 10.5 Å². The van der Waals surface area contributed by atoms with Crippen molar-refractivity contribution < 1.29 is 22.7 Å². The van der Waals surface area contributed by atoms with Gasteiger partial charge < -0.3 is 4.74 Å². The van der Waals surface area contributed by atoms with E-state index in [0.717, 1.165) is 11.1 Å². The van der Waals surface area contributed by atoms with E-state index in [1.54, 1.807) is 6.07 Å². The third-order valence-corrected chi connectivity index (χ3v) is 5.08. The lowest BCUT2D eigenvalue weighted by Gasteiger charge is -2.08. The lowest BCUT2D eigenvalue weighted by atomic mass is 10.0. The molecule has 0 spiro atoms. The number of rotatable bonds is 6. The quantitative estimate of drug-likeness (QED) is 0.630. The summed E-state index contributed by atoms with van der Waals surface area (Å²) in [6.07, 6.45) is 0. The number of ether oxygens (including phenoxy) is 1. The van der Waals surface area contributed by atoms with Crippen LogP contribution in [0.1, 0.15) is 31.8 Å². The van der Waals surface area contributed by atoms with Gasteiger partial charge in [-0.3, -0.25) is 4.79 Å². The van der Waals surface area contributed by atoms with Gasteiger partial charge in [-0.05, 0) is 44.7 Å². The summed E-state index contributed by atoms with van der Waals surface area (Å²) in [5.41, 5.74) is 2.39. The van der Waals surface area contributed by atoms with E-state index in [4.69, 9.17) is 4.74 Å². The Morgan fingerprint density at radius 1 is 1.08 bits per heavy atom. The van der Waals surface area contributed by atoms with Crippen molar-refractivity contribution in [1.29, 1.82) is 0 Å². The van der Waals surface area contributed by atoms with Crippen LogP contribution in [0.25, 0.3) is 0 Å². The highest BCUT2D eigenvalue weighted by Gasteiger charge is 2.17. The zero-order valence-electron chi connectivity index (χ0n) is 14.2. The van der Waals surface area contributed by atoms with Gasteiger partial charge in [-0.1, -0.05) is 29.8 Å². The predicted molar refractivity (Wildman–Crippen MR) is 93.2 cm³/mol. The summed E-state index contributed by atoms with van der Waals surface area (Å²) in [5.74, 6) is -1.07. The number of carbonyl (C=O) groups excluding carboxylic acids is 2. The van der Waals surface area contributed by atoms with Crippen LogP contribution in [0.4, 0.5) is 0 Å². The molecule has 0 aliphatic rings. The fourth-order valence-electron chi connectivity index (χ4n) is 2.33. The van der Waals surface area contributed by atoms with Crippen LogP contribution in [0.5, 0.6) is 0 Å². The first-order valence-corrected chi connectivity index (χ1v) is 9.04. The number of sulfonamides is 1. The van der Waals surface area contributed by atoms with E-state index >= 15 is 0 Å². The van der Waals surface area contributed by atoms with Crippen LogP contribution in [0.2, 0.25) is 0 Å². The number of nitrogens with one attached hydrogen (secondary N) is 1. The van der Waals surface area contributed by atoms with E-state index in [1.165, 1.54) is 31.3 Å². The molecule has 0 bridgehead atoms. The molecule has 7 heteroatoms. The van der Waals surface area contributed by atoms with Crippen LogP contribution in [0, 0.1) is 13.8 Å². The van der Waals surface area contributed by atoms with E-state index in [0.29, 0.717) is 5.56 Å². The number of carbonyl (C=O) groups is 2. The molecule has 2 aromatic carbocycles. The maximum Gasteiger partial charge on any atom is 0.338 e. The van der Waals surface area contributed by atoms with Crippen molar-refractivity contribution in [2.75, 3.05) is 13.7 Å². The Morgan fingerprint density at radius 2 is 1.80 bits per heavy atom.